The van der Waals surface area contributed by atoms with Gasteiger partial charge < -0.3 is 20.4 Å². The number of hydrogen-bond donors (Lipinski definition) is 4. The van der Waals surface area contributed by atoms with Crippen LogP contribution >= 0.6 is 0 Å². The Bertz CT molecular complexity index is 1150. The van der Waals surface area contributed by atoms with Crippen LogP contribution in [0.25, 0.3) is 5.76 Å². The molecule has 0 spiro atoms. The standard InChI is InChI=1S/C26H28O7/c1-12(27)20-19(29)11-15-9-14-10-17-16(13-5-3-2-4-6-13)7-8-18(28)22(17)23(30)21(14)25(32)26(15,33)24(20)31/h7-8,13-15,28,30-31,33H,2-6,9-11H2,1H3/t14-,15+,26-/m1/s1. The topological polar surface area (TPSA) is 132 Å². The molecule has 0 amide bonds. The fourth-order valence-electron chi connectivity index (χ4n) is 6.55. The number of phenols is 1. The first-order chi connectivity index (χ1) is 15.7. The zero-order valence-corrected chi connectivity index (χ0v) is 18.6. The highest BCUT2D eigenvalue weighted by molar-refractivity contribution is 6.23. The number of Topliss-reactive ketones (excluding diaryl/α,β-unsaturated/α-hetero) is 3. The predicted molar refractivity (Wildman–Crippen MR) is 119 cm³/mol. The van der Waals surface area contributed by atoms with E-state index in [1.165, 1.54) is 12.5 Å². The summed E-state index contributed by atoms with van der Waals surface area (Å²) >= 11 is 0. The van der Waals surface area contributed by atoms with Gasteiger partial charge >= 0.3 is 0 Å². The van der Waals surface area contributed by atoms with E-state index in [1.54, 1.807) is 0 Å². The van der Waals surface area contributed by atoms with E-state index in [9.17, 15) is 34.8 Å². The van der Waals surface area contributed by atoms with E-state index in [4.69, 9.17) is 0 Å². The fraction of sp³-hybridized carbons (Fsp3) is 0.500. The van der Waals surface area contributed by atoms with Crippen molar-refractivity contribution in [1.82, 2.24) is 0 Å². The molecule has 0 heterocycles. The van der Waals surface area contributed by atoms with Crippen LogP contribution in [0.1, 0.15) is 74.5 Å². The van der Waals surface area contributed by atoms with Gasteiger partial charge in [0.25, 0.3) is 0 Å². The lowest BCUT2D eigenvalue weighted by molar-refractivity contribution is -0.147. The average molecular weight is 453 g/mol. The molecular formula is C26H28O7. The van der Waals surface area contributed by atoms with E-state index in [0.717, 1.165) is 43.7 Å². The maximum Gasteiger partial charge on any atom is 0.202 e. The molecule has 4 N–H and O–H groups in total. The van der Waals surface area contributed by atoms with E-state index in [0.29, 0.717) is 12.3 Å². The second-order valence-electron chi connectivity index (χ2n) is 9.96. The van der Waals surface area contributed by atoms with Crippen LogP contribution in [-0.2, 0) is 20.8 Å². The van der Waals surface area contributed by atoms with Gasteiger partial charge in [-0.3, -0.25) is 14.4 Å². The molecule has 0 aromatic heterocycles. The van der Waals surface area contributed by atoms with Crippen molar-refractivity contribution in [2.45, 2.75) is 69.8 Å². The molecule has 0 aliphatic heterocycles. The highest BCUT2D eigenvalue weighted by atomic mass is 16.3. The van der Waals surface area contributed by atoms with E-state index < -0.39 is 46.1 Å². The van der Waals surface area contributed by atoms with Crippen LogP contribution in [0, 0.1) is 11.8 Å². The van der Waals surface area contributed by atoms with Crippen LogP contribution in [-0.4, -0.2) is 43.4 Å². The van der Waals surface area contributed by atoms with Gasteiger partial charge in [0.2, 0.25) is 5.78 Å². The molecule has 7 nitrogen and oxygen atoms in total. The van der Waals surface area contributed by atoms with Crippen LogP contribution in [0.2, 0.25) is 0 Å². The summed E-state index contributed by atoms with van der Waals surface area (Å²) in [6.07, 6.45) is 5.86. The van der Waals surface area contributed by atoms with Crippen LogP contribution in [0.3, 0.4) is 0 Å². The smallest absolute Gasteiger partial charge is 0.202 e. The highest BCUT2D eigenvalue weighted by Crippen LogP contribution is 2.53. The van der Waals surface area contributed by atoms with E-state index in [-0.39, 0.29) is 35.5 Å². The maximum atomic E-state index is 13.6. The van der Waals surface area contributed by atoms with Gasteiger partial charge in [0.15, 0.2) is 17.2 Å². The third-order valence-corrected chi connectivity index (χ3v) is 8.13. The number of aliphatic hydroxyl groups excluding tert-OH is 2. The Hall–Kier alpha value is -2.93. The van der Waals surface area contributed by atoms with E-state index in [2.05, 4.69) is 0 Å². The van der Waals surface area contributed by atoms with Gasteiger partial charge in [-0.15, -0.1) is 0 Å². The largest absolute Gasteiger partial charge is 0.508 e. The molecule has 0 radical (unpaired) electrons. The average Bonchev–Trinajstić information content (AvgIpc) is 2.76. The van der Waals surface area contributed by atoms with E-state index >= 15 is 0 Å². The van der Waals surface area contributed by atoms with Crippen molar-refractivity contribution >= 4 is 23.1 Å². The number of fused-ring (bicyclic) bond motifs is 3. The number of benzene rings is 1. The molecule has 4 aliphatic rings. The molecule has 2 saturated carbocycles. The van der Waals surface area contributed by atoms with Crippen molar-refractivity contribution in [2.75, 3.05) is 0 Å². The summed E-state index contributed by atoms with van der Waals surface area (Å²) in [5.41, 5.74) is -0.953. The summed E-state index contributed by atoms with van der Waals surface area (Å²) in [5, 5.41) is 43.8. The normalized spacial score (nSPS) is 30.1. The Morgan fingerprint density at radius 3 is 2.36 bits per heavy atom. The number of aliphatic hydroxyl groups is 3. The predicted octanol–water partition coefficient (Wildman–Crippen LogP) is 3.58. The van der Waals surface area contributed by atoms with Crippen LogP contribution < -0.4 is 0 Å². The molecule has 174 valence electrons. The molecular weight excluding hydrogens is 424 g/mol. The Kier molecular flexibility index (Phi) is 5.01. The molecule has 1 aromatic rings. The molecule has 0 saturated heterocycles. The number of carbonyl (C=O) groups is 3. The second kappa shape index (κ2) is 7.55. The van der Waals surface area contributed by atoms with Gasteiger partial charge in [-0.25, -0.2) is 0 Å². The van der Waals surface area contributed by atoms with Crippen molar-refractivity contribution in [2.24, 2.45) is 11.8 Å². The molecule has 0 bridgehead atoms. The number of allylic oxidation sites excluding steroid dienone is 1. The highest BCUT2D eigenvalue weighted by Gasteiger charge is 2.60. The fourth-order valence-corrected chi connectivity index (χ4v) is 6.55. The number of aromatic hydroxyl groups is 1. The summed E-state index contributed by atoms with van der Waals surface area (Å²) in [5.74, 6) is -4.69. The van der Waals surface area contributed by atoms with Crippen molar-refractivity contribution in [3.05, 3.63) is 45.7 Å². The summed E-state index contributed by atoms with van der Waals surface area (Å²) in [7, 11) is 0. The first-order valence-corrected chi connectivity index (χ1v) is 11.7. The molecule has 2 fully saturated rings. The number of hydrogen-bond acceptors (Lipinski definition) is 7. The molecule has 5 rings (SSSR count). The lowest BCUT2D eigenvalue weighted by Crippen LogP contribution is -2.57. The number of carbonyl (C=O) groups excluding carboxylic acids is 3. The molecule has 33 heavy (non-hydrogen) atoms. The zero-order chi connectivity index (χ0) is 23.7. The van der Waals surface area contributed by atoms with Gasteiger partial charge in [-0.2, -0.15) is 0 Å². The number of ketones is 3. The van der Waals surface area contributed by atoms with Crippen molar-refractivity contribution in [3.63, 3.8) is 0 Å². The van der Waals surface area contributed by atoms with Crippen LogP contribution in [0.5, 0.6) is 5.75 Å². The molecule has 1 aromatic carbocycles. The minimum absolute atomic E-state index is 0.0545. The van der Waals surface area contributed by atoms with Gasteiger partial charge in [0.1, 0.15) is 22.8 Å². The summed E-state index contributed by atoms with van der Waals surface area (Å²) in [4.78, 5) is 38.0. The van der Waals surface area contributed by atoms with Gasteiger partial charge in [0, 0.05) is 17.9 Å². The molecule has 7 heteroatoms. The minimum Gasteiger partial charge on any atom is -0.508 e. The van der Waals surface area contributed by atoms with Gasteiger partial charge in [0.05, 0.1) is 5.56 Å². The summed E-state index contributed by atoms with van der Waals surface area (Å²) in [6.45, 7) is 1.10. The van der Waals surface area contributed by atoms with Crippen molar-refractivity contribution in [3.8, 4) is 5.75 Å². The van der Waals surface area contributed by atoms with Crippen molar-refractivity contribution in [1.29, 1.82) is 0 Å². The third kappa shape index (κ3) is 3.01. The first-order valence-electron chi connectivity index (χ1n) is 11.7. The lowest BCUT2D eigenvalue weighted by atomic mass is 9.58. The first kappa shape index (κ1) is 21.9. The SMILES string of the molecule is CC(=O)C1=C(O)[C@@]2(O)C(=O)C3=C(O)c4c(O)ccc(C5CCCCC5)c4C[C@H]3C[C@H]2CC1=O. The minimum atomic E-state index is -2.44. The number of rotatable bonds is 2. The van der Waals surface area contributed by atoms with Gasteiger partial charge in [-0.05, 0) is 61.6 Å². The van der Waals surface area contributed by atoms with Gasteiger partial charge in [-0.1, -0.05) is 25.3 Å². The Balaban J connectivity index is 1.66. The Labute approximate surface area is 191 Å². The molecule has 3 atom stereocenters. The maximum absolute atomic E-state index is 13.6. The lowest BCUT2D eigenvalue weighted by Gasteiger charge is -2.46. The summed E-state index contributed by atoms with van der Waals surface area (Å²) < 4.78 is 0. The second-order valence-corrected chi connectivity index (χ2v) is 9.96. The Morgan fingerprint density at radius 1 is 1.00 bits per heavy atom. The molecule has 4 aliphatic carbocycles. The number of phenolic OH excluding ortho intramolecular Hbond substituents is 1. The van der Waals surface area contributed by atoms with Crippen LogP contribution in [0.4, 0.5) is 0 Å². The monoisotopic (exact) mass is 452 g/mol. The summed E-state index contributed by atoms with van der Waals surface area (Å²) in [6, 6.07) is 3.44. The third-order valence-electron chi connectivity index (χ3n) is 8.13. The Morgan fingerprint density at radius 2 is 1.70 bits per heavy atom. The van der Waals surface area contributed by atoms with E-state index in [1.807, 2.05) is 6.07 Å². The van der Waals surface area contributed by atoms with Crippen LogP contribution in [0.15, 0.2) is 29.0 Å². The van der Waals surface area contributed by atoms with Crippen molar-refractivity contribution < 1.29 is 34.8 Å². The zero-order valence-electron chi connectivity index (χ0n) is 18.6. The quantitative estimate of drug-likeness (QED) is 0.504. The molecule has 0 unspecified atom stereocenters.